The molecule has 0 radical (unpaired) electrons. The van der Waals surface area contributed by atoms with Crippen LogP contribution in [0.25, 0.3) is 0 Å². The molecule has 1 atom stereocenters. The van der Waals surface area contributed by atoms with Gasteiger partial charge in [0.05, 0.1) is 13.2 Å². The first-order chi connectivity index (χ1) is 12.2. The number of hydrogen-bond donors (Lipinski definition) is 2. The molecule has 2 N–H and O–H groups in total. The molecule has 5 nitrogen and oxygen atoms in total. The van der Waals surface area contributed by atoms with Crippen molar-refractivity contribution in [3.05, 3.63) is 35.6 Å². The molecule has 0 saturated carbocycles. The van der Waals surface area contributed by atoms with E-state index in [0.717, 1.165) is 70.4 Å². The Kier molecular flexibility index (Phi) is 11.8. The van der Waals surface area contributed by atoms with Gasteiger partial charge in [-0.15, -0.1) is 24.0 Å². The van der Waals surface area contributed by atoms with Crippen LogP contribution in [-0.2, 0) is 11.2 Å². The van der Waals surface area contributed by atoms with Crippen molar-refractivity contribution in [3.63, 3.8) is 0 Å². The number of nitrogens with zero attached hydrogens (tertiary/aromatic N) is 2. The maximum atomic E-state index is 13.2. The van der Waals surface area contributed by atoms with E-state index in [-0.39, 0.29) is 29.8 Å². The predicted molar refractivity (Wildman–Crippen MR) is 116 cm³/mol. The highest BCUT2D eigenvalue weighted by Gasteiger charge is 2.13. The second kappa shape index (κ2) is 13.3. The summed E-state index contributed by atoms with van der Waals surface area (Å²) in [6, 6.07) is 6.74. The molecule has 0 aliphatic carbocycles. The second-order valence-corrected chi connectivity index (χ2v) is 6.54. The van der Waals surface area contributed by atoms with Crippen molar-refractivity contribution in [1.29, 1.82) is 0 Å². The van der Waals surface area contributed by atoms with Crippen LogP contribution in [0, 0.1) is 11.7 Å². The molecule has 26 heavy (non-hydrogen) atoms. The van der Waals surface area contributed by atoms with Crippen LogP contribution >= 0.6 is 24.0 Å². The minimum absolute atomic E-state index is 0. The van der Waals surface area contributed by atoms with E-state index in [1.807, 2.05) is 6.07 Å². The number of guanidine groups is 1. The largest absolute Gasteiger partial charge is 0.379 e. The molecule has 0 aromatic heterocycles. The molecule has 0 bridgehead atoms. The maximum absolute atomic E-state index is 13.2. The molecular formula is C19H32FIN4O. The highest BCUT2D eigenvalue weighted by molar-refractivity contribution is 14.0. The van der Waals surface area contributed by atoms with Crippen molar-refractivity contribution in [2.45, 2.75) is 20.3 Å². The Labute approximate surface area is 173 Å². The van der Waals surface area contributed by atoms with Gasteiger partial charge in [0.1, 0.15) is 5.82 Å². The Bertz CT molecular complexity index is 538. The molecule has 148 valence electrons. The number of rotatable bonds is 8. The molecule has 1 aromatic rings. The Morgan fingerprint density at radius 3 is 2.77 bits per heavy atom. The summed E-state index contributed by atoms with van der Waals surface area (Å²) >= 11 is 0. The summed E-state index contributed by atoms with van der Waals surface area (Å²) < 4.78 is 18.6. The van der Waals surface area contributed by atoms with E-state index >= 15 is 0 Å². The van der Waals surface area contributed by atoms with E-state index < -0.39 is 0 Å². The molecule has 1 aliphatic rings. The summed E-state index contributed by atoms with van der Waals surface area (Å²) in [5, 5.41) is 6.60. The molecule has 1 aliphatic heterocycles. The minimum Gasteiger partial charge on any atom is -0.379 e. The molecule has 2 rings (SSSR count). The van der Waals surface area contributed by atoms with Gasteiger partial charge in [-0.25, -0.2) is 4.39 Å². The summed E-state index contributed by atoms with van der Waals surface area (Å²) in [5.41, 5.74) is 0.990. The third-order valence-electron chi connectivity index (χ3n) is 4.17. The van der Waals surface area contributed by atoms with Crippen molar-refractivity contribution in [2.24, 2.45) is 10.9 Å². The first-order valence-corrected chi connectivity index (χ1v) is 9.24. The third-order valence-corrected chi connectivity index (χ3v) is 4.17. The van der Waals surface area contributed by atoms with Crippen LogP contribution in [0.5, 0.6) is 0 Å². The lowest BCUT2D eigenvalue weighted by Gasteiger charge is -2.28. The van der Waals surface area contributed by atoms with Gasteiger partial charge in [-0.2, -0.15) is 0 Å². The summed E-state index contributed by atoms with van der Waals surface area (Å²) in [6.45, 7) is 11.4. The average Bonchev–Trinajstić information content (AvgIpc) is 2.60. The van der Waals surface area contributed by atoms with Crippen LogP contribution in [0.1, 0.15) is 19.4 Å². The molecule has 1 heterocycles. The van der Waals surface area contributed by atoms with Crippen molar-refractivity contribution >= 4 is 29.9 Å². The van der Waals surface area contributed by atoms with Crippen LogP contribution in [0.4, 0.5) is 4.39 Å². The third kappa shape index (κ3) is 9.14. The van der Waals surface area contributed by atoms with Crippen molar-refractivity contribution in [3.8, 4) is 0 Å². The van der Waals surface area contributed by atoms with E-state index in [9.17, 15) is 4.39 Å². The number of aliphatic imine (C=N–C) groups is 1. The van der Waals surface area contributed by atoms with E-state index in [1.54, 1.807) is 12.1 Å². The summed E-state index contributed by atoms with van der Waals surface area (Å²) in [5.74, 6) is 1.14. The SMILES string of the molecule is CCNC(=NCC(C)CN1CCOCC1)NCCc1cccc(F)c1.I. The van der Waals surface area contributed by atoms with E-state index in [0.29, 0.717) is 5.92 Å². The monoisotopic (exact) mass is 478 g/mol. The number of morpholine rings is 1. The Hall–Kier alpha value is -0.930. The first-order valence-electron chi connectivity index (χ1n) is 9.24. The lowest BCUT2D eigenvalue weighted by atomic mass is 10.1. The zero-order chi connectivity index (χ0) is 17.9. The molecule has 0 spiro atoms. The maximum Gasteiger partial charge on any atom is 0.191 e. The van der Waals surface area contributed by atoms with Crippen molar-refractivity contribution < 1.29 is 9.13 Å². The molecular weight excluding hydrogens is 446 g/mol. The van der Waals surface area contributed by atoms with E-state index in [4.69, 9.17) is 9.73 Å². The van der Waals surface area contributed by atoms with Gasteiger partial charge in [-0.05, 0) is 37.0 Å². The summed E-state index contributed by atoms with van der Waals surface area (Å²) in [6.07, 6.45) is 0.769. The Morgan fingerprint density at radius 1 is 1.31 bits per heavy atom. The van der Waals surface area contributed by atoms with Gasteiger partial charge in [-0.3, -0.25) is 9.89 Å². The smallest absolute Gasteiger partial charge is 0.191 e. The number of benzene rings is 1. The topological polar surface area (TPSA) is 48.9 Å². The molecule has 1 fully saturated rings. The van der Waals surface area contributed by atoms with Crippen LogP contribution in [0.2, 0.25) is 0 Å². The fourth-order valence-corrected chi connectivity index (χ4v) is 2.89. The molecule has 1 unspecified atom stereocenters. The second-order valence-electron chi connectivity index (χ2n) is 6.54. The Morgan fingerprint density at radius 2 is 2.08 bits per heavy atom. The van der Waals surface area contributed by atoms with Gasteiger partial charge in [0.25, 0.3) is 0 Å². The fraction of sp³-hybridized carbons (Fsp3) is 0.632. The molecule has 0 amide bonds. The van der Waals surface area contributed by atoms with Crippen LogP contribution in [-0.4, -0.2) is 63.3 Å². The van der Waals surface area contributed by atoms with Gasteiger partial charge in [0.15, 0.2) is 5.96 Å². The number of ether oxygens (including phenoxy) is 1. The number of nitrogens with one attached hydrogen (secondary N) is 2. The lowest BCUT2D eigenvalue weighted by molar-refractivity contribution is 0.0323. The quantitative estimate of drug-likeness (QED) is 0.343. The molecule has 1 aromatic carbocycles. The number of hydrogen-bond acceptors (Lipinski definition) is 3. The zero-order valence-electron chi connectivity index (χ0n) is 15.8. The normalized spacial score (nSPS) is 16.7. The predicted octanol–water partition coefficient (Wildman–Crippen LogP) is 2.51. The van der Waals surface area contributed by atoms with Gasteiger partial charge in [0.2, 0.25) is 0 Å². The van der Waals surface area contributed by atoms with Gasteiger partial charge in [0, 0.05) is 39.3 Å². The van der Waals surface area contributed by atoms with E-state index in [1.165, 1.54) is 6.07 Å². The molecule has 1 saturated heterocycles. The van der Waals surface area contributed by atoms with Crippen LogP contribution < -0.4 is 10.6 Å². The molecule has 7 heteroatoms. The van der Waals surface area contributed by atoms with Gasteiger partial charge in [-0.1, -0.05) is 19.1 Å². The van der Waals surface area contributed by atoms with Crippen molar-refractivity contribution in [1.82, 2.24) is 15.5 Å². The summed E-state index contributed by atoms with van der Waals surface area (Å²) in [4.78, 5) is 7.13. The van der Waals surface area contributed by atoms with Crippen molar-refractivity contribution in [2.75, 3.05) is 52.5 Å². The standard InChI is InChI=1S/C19H31FN4O.HI/c1-3-21-19(22-8-7-17-5-4-6-18(20)13-17)23-14-16(2)15-24-9-11-25-12-10-24;/h4-6,13,16H,3,7-12,14-15H2,1-2H3,(H2,21,22,23);1H. The number of halogens is 2. The van der Waals surface area contributed by atoms with E-state index in [2.05, 4.69) is 29.4 Å². The Balaban J connectivity index is 0.00000338. The fourth-order valence-electron chi connectivity index (χ4n) is 2.89. The highest BCUT2D eigenvalue weighted by atomic mass is 127. The highest BCUT2D eigenvalue weighted by Crippen LogP contribution is 2.05. The lowest BCUT2D eigenvalue weighted by Crippen LogP contribution is -2.40. The van der Waals surface area contributed by atoms with Gasteiger partial charge >= 0.3 is 0 Å². The first kappa shape index (κ1) is 23.1. The minimum atomic E-state index is -0.185. The zero-order valence-corrected chi connectivity index (χ0v) is 18.2. The van der Waals surface area contributed by atoms with Crippen LogP contribution in [0.3, 0.4) is 0 Å². The summed E-state index contributed by atoms with van der Waals surface area (Å²) in [7, 11) is 0. The van der Waals surface area contributed by atoms with Crippen LogP contribution in [0.15, 0.2) is 29.3 Å². The van der Waals surface area contributed by atoms with Gasteiger partial charge < -0.3 is 15.4 Å². The average molecular weight is 478 g/mol.